The second-order valence-electron chi connectivity index (χ2n) is 6.71. The minimum atomic E-state index is -0.423. The van der Waals surface area contributed by atoms with Gasteiger partial charge in [0.1, 0.15) is 11.9 Å². The zero-order valence-electron chi connectivity index (χ0n) is 15.3. The summed E-state index contributed by atoms with van der Waals surface area (Å²) in [6.45, 7) is 4.98. The molecule has 0 bridgehead atoms. The highest BCUT2D eigenvalue weighted by atomic mass is 16.5. The van der Waals surface area contributed by atoms with Gasteiger partial charge in [0.15, 0.2) is 0 Å². The lowest BCUT2D eigenvalue weighted by atomic mass is 10.0. The molecule has 2 amide bonds. The number of carbonyl (C=O) groups is 2. The monoisotopic (exact) mass is 362 g/mol. The minimum Gasteiger partial charge on any atom is -0.453 e. The maximum atomic E-state index is 12.9. The smallest absolute Gasteiger partial charge is 0.410 e. The Morgan fingerprint density at radius 1 is 1.15 bits per heavy atom. The number of rotatable bonds is 2. The number of nitrogens with two attached hydrogens (primary N) is 1. The fourth-order valence-electron chi connectivity index (χ4n) is 3.63. The van der Waals surface area contributed by atoms with Crippen LogP contribution in [0.4, 0.5) is 16.6 Å². The van der Waals surface area contributed by atoms with E-state index in [1.165, 1.54) is 7.11 Å². The lowest BCUT2D eigenvalue weighted by Crippen LogP contribution is -2.57. The lowest BCUT2D eigenvalue weighted by Gasteiger charge is -2.40. The zero-order valence-corrected chi connectivity index (χ0v) is 15.3. The summed E-state index contributed by atoms with van der Waals surface area (Å²) in [5.41, 5.74) is 6.55. The first kappa shape index (κ1) is 18.2. The largest absolute Gasteiger partial charge is 0.453 e. The van der Waals surface area contributed by atoms with Crippen LogP contribution in [0.15, 0.2) is 6.07 Å². The Hall–Kier alpha value is -2.58. The van der Waals surface area contributed by atoms with E-state index in [0.717, 1.165) is 24.4 Å². The molecule has 0 aromatic carbocycles. The minimum absolute atomic E-state index is 0.00753. The number of hydrogen-bond donors (Lipinski definition) is 1. The van der Waals surface area contributed by atoms with Gasteiger partial charge < -0.3 is 20.3 Å². The van der Waals surface area contributed by atoms with Crippen molar-refractivity contribution in [3.63, 3.8) is 0 Å². The third-order valence-electron chi connectivity index (χ3n) is 4.97. The predicted octanol–water partition coefficient (Wildman–Crippen LogP) is 0.637. The number of piperazine rings is 1. The fraction of sp³-hybridized carbons (Fsp3) is 0.647. The van der Waals surface area contributed by atoms with Gasteiger partial charge in [0, 0.05) is 44.5 Å². The number of ether oxygens (including phenoxy) is 1. The highest BCUT2D eigenvalue weighted by Crippen LogP contribution is 2.22. The van der Waals surface area contributed by atoms with Crippen LogP contribution in [0.25, 0.3) is 0 Å². The van der Waals surface area contributed by atoms with Crippen LogP contribution >= 0.6 is 0 Å². The van der Waals surface area contributed by atoms with Crippen LogP contribution in [-0.4, -0.2) is 77.6 Å². The first-order valence-corrected chi connectivity index (χ1v) is 8.99. The van der Waals surface area contributed by atoms with Crippen molar-refractivity contribution in [2.75, 3.05) is 50.5 Å². The summed E-state index contributed by atoms with van der Waals surface area (Å²) >= 11 is 0. The third kappa shape index (κ3) is 3.81. The van der Waals surface area contributed by atoms with Crippen LogP contribution < -0.4 is 10.6 Å². The molecular weight excluding hydrogens is 336 g/mol. The molecule has 1 aromatic rings. The van der Waals surface area contributed by atoms with Crippen molar-refractivity contribution in [2.24, 2.45) is 0 Å². The molecule has 0 aliphatic carbocycles. The number of carbonyl (C=O) groups excluding carboxylic acids is 2. The van der Waals surface area contributed by atoms with Gasteiger partial charge in [0.05, 0.1) is 7.11 Å². The number of nitrogens with zero attached hydrogens (tertiary/aromatic N) is 5. The topological polar surface area (TPSA) is 105 Å². The second-order valence-corrected chi connectivity index (χ2v) is 6.71. The molecule has 9 nitrogen and oxygen atoms in total. The van der Waals surface area contributed by atoms with E-state index in [1.807, 2.05) is 17.9 Å². The molecular formula is C17H26N6O3. The molecule has 0 saturated carbocycles. The number of anilines is 2. The summed E-state index contributed by atoms with van der Waals surface area (Å²) < 4.78 is 4.84. The molecule has 0 spiro atoms. The first-order chi connectivity index (χ1) is 12.5. The number of aromatic nitrogens is 2. The molecule has 9 heteroatoms. The molecule has 1 aromatic heterocycles. The van der Waals surface area contributed by atoms with Crippen LogP contribution in [0.5, 0.6) is 0 Å². The van der Waals surface area contributed by atoms with Gasteiger partial charge >= 0.3 is 6.09 Å². The van der Waals surface area contributed by atoms with E-state index < -0.39 is 12.1 Å². The third-order valence-corrected chi connectivity index (χ3v) is 4.97. The van der Waals surface area contributed by atoms with Gasteiger partial charge in [-0.3, -0.25) is 9.69 Å². The van der Waals surface area contributed by atoms with Crippen molar-refractivity contribution in [1.29, 1.82) is 0 Å². The molecule has 0 radical (unpaired) electrons. The first-order valence-electron chi connectivity index (χ1n) is 8.99. The van der Waals surface area contributed by atoms with Crippen molar-refractivity contribution < 1.29 is 14.3 Å². The maximum absolute atomic E-state index is 12.9. The number of aryl methyl sites for hydroxylation is 1. The maximum Gasteiger partial charge on any atom is 0.410 e. The number of likely N-dealkylation sites (tertiary alicyclic amines) is 1. The molecule has 2 aliphatic heterocycles. The van der Waals surface area contributed by atoms with Crippen LogP contribution in [0.1, 0.15) is 25.0 Å². The Labute approximate surface area is 153 Å². The van der Waals surface area contributed by atoms with Crippen molar-refractivity contribution >= 4 is 23.8 Å². The Kier molecular flexibility index (Phi) is 5.43. The van der Waals surface area contributed by atoms with E-state index in [1.54, 1.807) is 4.90 Å². The quantitative estimate of drug-likeness (QED) is 0.823. The van der Waals surface area contributed by atoms with Gasteiger partial charge in [-0.25, -0.2) is 9.78 Å². The number of hydrogen-bond acceptors (Lipinski definition) is 7. The van der Waals surface area contributed by atoms with E-state index in [9.17, 15) is 9.59 Å². The summed E-state index contributed by atoms with van der Waals surface area (Å²) in [5, 5.41) is 0. The number of amides is 2. The van der Waals surface area contributed by atoms with Crippen LogP contribution in [0, 0.1) is 6.92 Å². The molecule has 2 fully saturated rings. The van der Waals surface area contributed by atoms with Gasteiger partial charge in [0.2, 0.25) is 11.9 Å². The summed E-state index contributed by atoms with van der Waals surface area (Å²) in [6, 6.07) is 1.48. The molecule has 2 aliphatic rings. The average molecular weight is 362 g/mol. The average Bonchev–Trinajstić information content (AvgIpc) is 2.66. The number of methoxy groups -OCH3 is 1. The molecule has 2 saturated heterocycles. The summed E-state index contributed by atoms with van der Waals surface area (Å²) in [5.74, 6) is 1.05. The Balaban J connectivity index is 1.63. The summed E-state index contributed by atoms with van der Waals surface area (Å²) in [6.07, 6.45) is 2.12. The van der Waals surface area contributed by atoms with Gasteiger partial charge in [0.25, 0.3) is 0 Å². The molecule has 0 unspecified atom stereocenters. The van der Waals surface area contributed by atoms with E-state index in [2.05, 4.69) is 14.9 Å². The highest BCUT2D eigenvalue weighted by molar-refractivity contribution is 5.86. The van der Waals surface area contributed by atoms with Crippen molar-refractivity contribution in [2.45, 2.75) is 32.2 Å². The Bertz CT molecular complexity index is 654. The Morgan fingerprint density at radius 2 is 1.88 bits per heavy atom. The Morgan fingerprint density at radius 3 is 2.54 bits per heavy atom. The van der Waals surface area contributed by atoms with E-state index in [0.29, 0.717) is 39.1 Å². The number of nitrogen functional groups attached to an aromatic ring is 1. The highest BCUT2D eigenvalue weighted by Gasteiger charge is 2.36. The molecule has 2 N–H and O–H groups in total. The van der Waals surface area contributed by atoms with Gasteiger partial charge in [-0.15, -0.1) is 0 Å². The van der Waals surface area contributed by atoms with E-state index >= 15 is 0 Å². The van der Waals surface area contributed by atoms with Crippen molar-refractivity contribution in [1.82, 2.24) is 19.8 Å². The molecule has 26 heavy (non-hydrogen) atoms. The fourth-order valence-corrected chi connectivity index (χ4v) is 3.63. The molecule has 1 atom stereocenters. The lowest BCUT2D eigenvalue weighted by molar-refractivity contribution is -0.137. The summed E-state index contributed by atoms with van der Waals surface area (Å²) in [7, 11) is 1.35. The molecule has 3 rings (SSSR count). The van der Waals surface area contributed by atoms with Crippen molar-refractivity contribution in [3.05, 3.63) is 11.8 Å². The van der Waals surface area contributed by atoms with Crippen LogP contribution in [-0.2, 0) is 9.53 Å². The van der Waals surface area contributed by atoms with Gasteiger partial charge in [-0.2, -0.15) is 4.98 Å². The van der Waals surface area contributed by atoms with Crippen molar-refractivity contribution in [3.8, 4) is 0 Å². The summed E-state index contributed by atoms with van der Waals surface area (Å²) in [4.78, 5) is 38.8. The molecule has 142 valence electrons. The van der Waals surface area contributed by atoms with E-state index in [-0.39, 0.29) is 11.9 Å². The standard InChI is InChI=1S/C17H26N6O3/c1-12-11-14(20-16(18)19-12)21-7-9-22(10-8-21)15(24)13-5-3-4-6-23(13)17(25)26-2/h11,13H,3-10H2,1-2H3,(H2,18,19,20)/t13-/m0/s1. The number of piperidine rings is 1. The van der Waals surface area contributed by atoms with Crippen LogP contribution in [0.3, 0.4) is 0 Å². The predicted molar refractivity (Wildman–Crippen MR) is 96.7 cm³/mol. The van der Waals surface area contributed by atoms with Gasteiger partial charge in [-0.05, 0) is 26.2 Å². The normalized spacial score (nSPS) is 20.8. The zero-order chi connectivity index (χ0) is 18.7. The van der Waals surface area contributed by atoms with Crippen LogP contribution in [0.2, 0.25) is 0 Å². The van der Waals surface area contributed by atoms with E-state index in [4.69, 9.17) is 10.5 Å². The SMILES string of the molecule is COC(=O)N1CCCC[C@H]1C(=O)N1CCN(c2cc(C)nc(N)n2)CC1. The molecule has 3 heterocycles. The second kappa shape index (κ2) is 7.76. The van der Waals surface area contributed by atoms with Gasteiger partial charge in [-0.1, -0.05) is 0 Å².